The lowest BCUT2D eigenvalue weighted by atomic mass is 10.1. The van der Waals surface area contributed by atoms with Gasteiger partial charge in [0.1, 0.15) is 0 Å². The number of nitrogens with one attached hydrogen (secondary N) is 2. The number of carbonyl (C=O) groups excluding carboxylic acids is 2. The highest BCUT2D eigenvalue weighted by Crippen LogP contribution is 2.17. The summed E-state index contributed by atoms with van der Waals surface area (Å²) in [5, 5.41) is 6.01. The lowest BCUT2D eigenvalue weighted by Crippen LogP contribution is -2.51. The van der Waals surface area contributed by atoms with Gasteiger partial charge in [0, 0.05) is 37.9 Å². The molecule has 0 bridgehead atoms. The van der Waals surface area contributed by atoms with E-state index in [-0.39, 0.29) is 17.9 Å². The van der Waals surface area contributed by atoms with E-state index < -0.39 is 0 Å². The number of amides is 2. The zero-order valence-electron chi connectivity index (χ0n) is 16.5. The molecule has 0 saturated carbocycles. The van der Waals surface area contributed by atoms with Gasteiger partial charge in [0.05, 0.1) is 13.1 Å². The van der Waals surface area contributed by atoms with Crippen molar-refractivity contribution in [2.75, 3.05) is 44.6 Å². The van der Waals surface area contributed by atoms with E-state index >= 15 is 0 Å². The van der Waals surface area contributed by atoms with E-state index in [1.807, 2.05) is 39.0 Å². The van der Waals surface area contributed by atoms with Gasteiger partial charge in [-0.05, 0) is 44.4 Å². The van der Waals surface area contributed by atoms with Crippen molar-refractivity contribution in [3.05, 3.63) is 29.3 Å². The number of hydrogen-bond acceptors (Lipinski definition) is 4. The van der Waals surface area contributed by atoms with E-state index in [1.54, 1.807) is 0 Å². The van der Waals surface area contributed by atoms with Gasteiger partial charge in [0.2, 0.25) is 11.8 Å². The molecular weight excluding hydrogens is 328 g/mol. The summed E-state index contributed by atoms with van der Waals surface area (Å²) in [5.74, 6) is 0.0992. The largest absolute Gasteiger partial charge is 0.353 e. The average molecular weight is 361 g/mol. The first-order valence-corrected chi connectivity index (χ1v) is 9.49. The summed E-state index contributed by atoms with van der Waals surface area (Å²) < 4.78 is 0. The van der Waals surface area contributed by atoms with Crippen LogP contribution in [-0.4, -0.2) is 66.9 Å². The summed E-state index contributed by atoms with van der Waals surface area (Å²) >= 11 is 0. The van der Waals surface area contributed by atoms with Crippen molar-refractivity contribution < 1.29 is 9.59 Å². The van der Waals surface area contributed by atoms with Gasteiger partial charge in [-0.25, -0.2) is 0 Å². The third-order valence-corrected chi connectivity index (χ3v) is 5.10. The summed E-state index contributed by atoms with van der Waals surface area (Å²) in [6.07, 6.45) is 0.940. The molecule has 1 fully saturated rings. The molecule has 1 aromatic carbocycles. The third-order valence-electron chi connectivity index (χ3n) is 5.10. The first-order chi connectivity index (χ1) is 12.4. The molecule has 6 heteroatoms. The van der Waals surface area contributed by atoms with Crippen LogP contribution in [-0.2, 0) is 9.59 Å². The van der Waals surface area contributed by atoms with Crippen molar-refractivity contribution in [3.63, 3.8) is 0 Å². The van der Waals surface area contributed by atoms with Crippen molar-refractivity contribution in [2.45, 2.75) is 40.2 Å². The molecule has 1 heterocycles. The van der Waals surface area contributed by atoms with Gasteiger partial charge >= 0.3 is 0 Å². The van der Waals surface area contributed by atoms with Gasteiger partial charge in [-0.2, -0.15) is 0 Å². The minimum atomic E-state index is 0.0154. The number of rotatable bonds is 7. The van der Waals surface area contributed by atoms with Gasteiger partial charge in [-0.3, -0.25) is 19.4 Å². The minimum Gasteiger partial charge on any atom is -0.353 e. The summed E-state index contributed by atoms with van der Waals surface area (Å²) in [4.78, 5) is 28.6. The Morgan fingerprint density at radius 3 is 2.19 bits per heavy atom. The van der Waals surface area contributed by atoms with Crippen LogP contribution in [0.2, 0.25) is 0 Å². The van der Waals surface area contributed by atoms with Crippen LogP contribution < -0.4 is 10.6 Å². The molecule has 144 valence electrons. The van der Waals surface area contributed by atoms with Gasteiger partial charge in [0.15, 0.2) is 0 Å². The van der Waals surface area contributed by atoms with Crippen LogP contribution in [0, 0.1) is 13.8 Å². The third kappa shape index (κ3) is 6.11. The number of nitrogens with zero attached hydrogens (tertiary/aromatic N) is 2. The molecule has 0 aromatic heterocycles. The Morgan fingerprint density at radius 1 is 1.04 bits per heavy atom. The predicted molar refractivity (Wildman–Crippen MR) is 105 cm³/mol. The Morgan fingerprint density at radius 2 is 1.62 bits per heavy atom. The summed E-state index contributed by atoms with van der Waals surface area (Å²) in [6, 6.07) is 6.16. The van der Waals surface area contributed by atoms with Crippen LogP contribution >= 0.6 is 0 Å². The second-order valence-electron chi connectivity index (χ2n) is 7.22. The van der Waals surface area contributed by atoms with Gasteiger partial charge in [-0.15, -0.1) is 0 Å². The minimum absolute atomic E-state index is 0.0154. The monoisotopic (exact) mass is 360 g/mol. The van der Waals surface area contributed by atoms with E-state index in [1.165, 1.54) is 5.56 Å². The number of aryl methyl sites for hydroxylation is 1. The van der Waals surface area contributed by atoms with Crippen LogP contribution in [0.4, 0.5) is 5.69 Å². The number of benzene rings is 1. The Bertz CT molecular complexity index is 624. The van der Waals surface area contributed by atoms with Crippen LogP contribution in [0.25, 0.3) is 0 Å². The zero-order chi connectivity index (χ0) is 19.1. The van der Waals surface area contributed by atoms with Crippen molar-refractivity contribution in [3.8, 4) is 0 Å². The second kappa shape index (κ2) is 9.69. The molecule has 26 heavy (non-hydrogen) atoms. The van der Waals surface area contributed by atoms with E-state index in [2.05, 4.69) is 27.4 Å². The van der Waals surface area contributed by atoms with Gasteiger partial charge < -0.3 is 10.6 Å². The molecule has 1 saturated heterocycles. The molecule has 0 unspecified atom stereocenters. The fraction of sp³-hybridized carbons (Fsp3) is 0.600. The van der Waals surface area contributed by atoms with E-state index in [0.29, 0.717) is 13.1 Å². The quantitative estimate of drug-likeness (QED) is 0.778. The van der Waals surface area contributed by atoms with Crippen LogP contribution in [0.1, 0.15) is 31.4 Å². The topological polar surface area (TPSA) is 64.7 Å². The molecule has 2 amide bonds. The molecule has 2 rings (SSSR count). The standard InChI is InChI=1S/C20H32N4O2/c1-5-16(3)21-19(25)13-23-9-11-24(12-10-23)14-20(26)22-18-8-6-7-15(2)17(18)4/h6-8,16H,5,9-14H2,1-4H3,(H,21,25)(H,22,26)/t16-/m1/s1. The predicted octanol–water partition coefficient (Wildman–Crippen LogP) is 1.77. The fourth-order valence-corrected chi connectivity index (χ4v) is 3.01. The average Bonchev–Trinajstić information content (AvgIpc) is 2.60. The summed E-state index contributed by atoms with van der Waals surface area (Å²) in [7, 11) is 0. The Labute approximate surface area is 156 Å². The van der Waals surface area contributed by atoms with Crippen LogP contribution in [0.5, 0.6) is 0 Å². The molecule has 1 aliphatic heterocycles. The number of piperazine rings is 1. The maximum atomic E-state index is 12.3. The molecule has 6 nitrogen and oxygen atoms in total. The Hall–Kier alpha value is -1.92. The number of anilines is 1. The highest BCUT2D eigenvalue weighted by molar-refractivity contribution is 5.93. The van der Waals surface area contributed by atoms with Crippen molar-refractivity contribution >= 4 is 17.5 Å². The number of hydrogen-bond donors (Lipinski definition) is 2. The Kier molecular flexibility index (Phi) is 7.60. The molecule has 0 radical (unpaired) electrons. The zero-order valence-corrected chi connectivity index (χ0v) is 16.5. The molecule has 0 spiro atoms. The summed E-state index contributed by atoms with van der Waals surface area (Å²) in [6.45, 7) is 12.2. The van der Waals surface area contributed by atoms with Gasteiger partial charge in [-0.1, -0.05) is 19.1 Å². The molecular formula is C20H32N4O2. The van der Waals surface area contributed by atoms with Crippen LogP contribution in [0.15, 0.2) is 18.2 Å². The molecule has 1 aromatic rings. The van der Waals surface area contributed by atoms with Crippen LogP contribution in [0.3, 0.4) is 0 Å². The van der Waals surface area contributed by atoms with E-state index in [0.717, 1.165) is 43.9 Å². The maximum absolute atomic E-state index is 12.3. The van der Waals surface area contributed by atoms with Crippen molar-refractivity contribution in [1.29, 1.82) is 0 Å². The SMILES string of the molecule is CC[C@@H](C)NC(=O)CN1CCN(CC(=O)Nc2cccc(C)c2C)CC1. The fourth-order valence-electron chi connectivity index (χ4n) is 3.01. The van der Waals surface area contributed by atoms with E-state index in [9.17, 15) is 9.59 Å². The second-order valence-corrected chi connectivity index (χ2v) is 7.22. The molecule has 1 atom stereocenters. The van der Waals surface area contributed by atoms with Crippen molar-refractivity contribution in [2.24, 2.45) is 0 Å². The van der Waals surface area contributed by atoms with Gasteiger partial charge in [0.25, 0.3) is 0 Å². The summed E-state index contributed by atoms with van der Waals surface area (Å²) in [5.41, 5.74) is 3.17. The first kappa shape index (κ1) is 20.4. The van der Waals surface area contributed by atoms with E-state index in [4.69, 9.17) is 0 Å². The Balaban J connectivity index is 1.73. The normalized spacial score (nSPS) is 16.9. The highest BCUT2D eigenvalue weighted by atomic mass is 16.2. The number of carbonyl (C=O) groups is 2. The lowest BCUT2D eigenvalue weighted by molar-refractivity contribution is -0.124. The van der Waals surface area contributed by atoms with Crippen molar-refractivity contribution in [1.82, 2.24) is 15.1 Å². The first-order valence-electron chi connectivity index (χ1n) is 9.49. The highest BCUT2D eigenvalue weighted by Gasteiger charge is 2.21. The molecule has 2 N–H and O–H groups in total. The smallest absolute Gasteiger partial charge is 0.238 e. The molecule has 0 aliphatic carbocycles. The maximum Gasteiger partial charge on any atom is 0.238 e. The lowest BCUT2D eigenvalue weighted by Gasteiger charge is -2.34. The molecule has 1 aliphatic rings.